The molecule has 0 aromatic heterocycles. The van der Waals surface area contributed by atoms with Crippen molar-refractivity contribution in [2.24, 2.45) is 17.3 Å². The molecule has 2 atom stereocenters. The highest BCUT2D eigenvalue weighted by atomic mass is 16.2. The summed E-state index contributed by atoms with van der Waals surface area (Å²) >= 11 is 0. The molecule has 4 nitrogen and oxygen atoms in total. The molecule has 0 N–H and O–H groups in total. The smallest absolute Gasteiger partial charge is 0.164 e. The molecule has 0 bridgehead atoms. The summed E-state index contributed by atoms with van der Waals surface area (Å²) in [5.74, 6) is -4.31. The van der Waals surface area contributed by atoms with Gasteiger partial charge in [0.2, 0.25) is 0 Å². The maximum Gasteiger partial charge on any atom is 0.164 e. The van der Waals surface area contributed by atoms with Gasteiger partial charge < -0.3 is 0 Å². The van der Waals surface area contributed by atoms with Crippen LogP contribution in [0.3, 0.4) is 0 Å². The van der Waals surface area contributed by atoms with Crippen LogP contribution in [0.5, 0.6) is 0 Å². The molecular weight excluding hydrogens is 592 g/mol. The van der Waals surface area contributed by atoms with Gasteiger partial charge in [-0.3, -0.25) is 19.2 Å². The van der Waals surface area contributed by atoms with Gasteiger partial charge in [-0.05, 0) is 126 Å². The highest BCUT2D eigenvalue weighted by Crippen LogP contribution is 2.44. The van der Waals surface area contributed by atoms with E-state index in [1.54, 1.807) is 0 Å². The molecule has 4 heteroatoms. The Labute approximate surface area is 291 Å². The first-order valence-corrected chi connectivity index (χ1v) is 17.7. The van der Waals surface area contributed by atoms with E-state index in [9.17, 15) is 19.2 Å². The fourth-order valence-corrected chi connectivity index (χ4v) is 6.19. The molecule has 1 aliphatic carbocycles. The maximum absolute atomic E-state index is 14.7. The van der Waals surface area contributed by atoms with Crippen molar-refractivity contribution in [2.75, 3.05) is 0 Å². The fraction of sp³-hybridized carbons (Fsp3) is 0.500. The third-order valence-electron chi connectivity index (χ3n) is 9.27. The summed E-state index contributed by atoms with van der Waals surface area (Å²) in [5, 5.41) is 0. The molecule has 0 heterocycles. The molecule has 0 radical (unpaired) electrons. The number of benzene rings is 1. The number of hydrogen-bond donors (Lipinski definition) is 0. The second kappa shape index (κ2) is 20.0. The Hall–Kier alpha value is -3.66. The maximum atomic E-state index is 14.7. The van der Waals surface area contributed by atoms with Gasteiger partial charge in [0.05, 0.1) is 11.3 Å². The minimum Gasteiger partial charge on any atom is -0.298 e. The Morgan fingerprint density at radius 2 is 1.04 bits per heavy atom. The van der Waals surface area contributed by atoms with Crippen molar-refractivity contribution in [3.63, 3.8) is 0 Å². The van der Waals surface area contributed by atoms with Crippen LogP contribution in [0, 0.1) is 17.3 Å². The molecule has 48 heavy (non-hydrogen) atoms. The van der Waals surface area contributed by atoms with Crippen molar-refractivity contribution in [3.05, 3.63) is 106 Å². The summed E-state index contributed by atoms with van der Waals surface area (Å²) in [5.41, 5.74) is 6.29. The fourth-order valence-electron chi connectivity index (χ4n) is 6.19. The van der Waals surface area contributed by atoms with E-state index in [2.05, 4.69) is 59.8 Å². The van der Waals surface area contributed by atoms with Crippen LogP contribution in [0.15, 0.2) is 100 Å². The van der Waals surface area contributed by atoms with Gasteiger partial charge in [-0.1, -0.05) is 100 Å². The largest absolute Gasteiger partial charge is 0.298 e. The Kier molecular flexibility index (Phi) is 16.9. The zero-order valence-electron chi connectivity index (χ0n) is 31.2. The molecule has 260 valence electrons. The minimum absolute atomic E-state index is 0.0211. The zero-order chi connectivity index (χ0) is 35.9. The number of carbonyl (C=O) groups is 4. The first kappa shape index (κ1) is 40.5. The van der Waals surface area contributed by atoms with E-state index < -0.39 is 34.6 Å². The lowest BCUT2D eigenvalue weighted by molar-refractivity contribution is -0.158. The highest BCUT2D eigenvalue weighted by Gasteiger charge is 2.59. The topological polar surface area (TPSA) is 68.3 Å². The Morgan fingerprint density at radius 1 is 0.604 bits per heavy atom. The van der Waals surface area contributed by atoms with Crippen molar-refractivity contribution in [1.82, 2.24) is 0 Å². The lowest BCUT2D eigenvalue weighted by Gasteiger charge is -2.40. The van der Waals surface area contributed by atoms with Crippen LogP contribution in [0.2, 0.25) is 0 Å². The summed E-state index contributed by atoms with van der Waals surface area (Å²) in [6.45, 7) is 18.5. The van der Waals surface area contributed by atoms with E-state index in [4.69, 9.17) is 0 Å². The number of Topliss-reactive ketones (excluding diaryl/α,β-unsaturated/α-hetero) is 4. The van der Waals surface area contributed by atoms with Crippen molar-refractivity contribution in [3.8, 4) is 0 Å². The van der Waals surface area contributed by atoms with E-state index in [0.29, 0.717) is 0 Å². The second-order valence-corrected chi connectivity index (χ2v) is 14.6. The summed E-state index contributed by atoms with van der Waals surface area (Å²) in [6.07, 6.45) is 18.2. The first-order chi connectivity index (χ1) is 22.7. The lowest BCUT2D eigenvalue weighted by Crippen LogP contribution is -2.57. The van der Waals surface area contributed by atoms with Crippen LogP contribution in [-0.2, 0) is 25.6 Å². The molecule has 0 amide bonds. The van der Waals surface area contributed by atoms with E-state index in [0.717, 1.165) is 60.8 Å². The Bertz CT molecular complexity index is 1420. The van der Waals surface area contributed by atoms with Gasteiger partial charge in [-0.2, -0.15) is 0 Å². The number of rotatable bonds is 18. The summed E-state index contributed by atoms with van der Waals surface area (Å²) < 4.78 is 0. The zero-order valence-corrected chi connectivity index (χ0v) is 31.2. The lowest BCUT2D eigenvalue weighted by atomic mass is 9.58. The average molecular weight is 653 g/mol. The van der Waals surface area contributed by atoms with Crippen molar-refractivity contribution in [1.29, 1.82) is 0 Å². The molecule has 2 unspecified atom stereocenters. The monoisotopic (exact) mass is 652 g/mol. The molecule has 2 rings (SSSR count). The SMILES string of the molecule is CC(C)=CCCC(C)=CCC1C(=O)C(C(=O)Cc2ccccc2)C(=O)C(CC=C(C)CCC=C(C)C)(CC=C(C)CCC=C(C)C)C1=O. The van der Waals surface area contributed by atoms with E-state index >= 15 is 0 Å². The standard InChI is InChI=1S/C44H60O4/c1-31(2)16-13-19-34(7)24-25-38-41(46)40(39(45)30-37-22-11-10-12-23-37)43(48)44(42(38)47,28-26-35(8)20-14-17-32(3)4)29-27-36(9)21-15-18-33(5)6/h10-12,16-18,22-24,26-27,38,40H,13-15,19-21,25,28-30H2,1-9H3. The van der Waals surface area contributed by atoms with Crippen molar-refractivity contribution >= 4 is 23.1 Å². The van der Waals surface area contributed by atoms with Gasteiger partial charge in [0, 0.05) is 6.42 Å². The number of hydrogen-bond acceptors (Lipinski definition) is 4. The van der Waals surface area contributed by atoms with E-state index in [1.807, 2.05) is 69.3 Å². The highest BCUT2D eigenvalue weighted by molar-refractivity contribution is 6.34. The van der Waals surface area contributed by atoms with Crippen LogP contribution in [-0.4, -0.2) is 23.1 Å². The van der Waals surface area contributed by atoms with Crippen molar-refractivity contribution < 1.29 is 19.2 Å². The van der Waals surface area contributed by atoms with Crippen LogP contribution in [0.4, 0.5) is 0 Å². The molecule has 1 fully saturated rings. The van der Waals surface area contributed by atoms with Crippen LogP contribution in [0.1, 0.15) is 126 Å². The Morgan fingerprint density at radius 3 is 1.48 bits per heavy atom. The average Bonchev–Trinajstić information content (AvgIpc) is 3.00. The molecule has 1 saturated carbocycles. The molecule has 1 aromatic rings. The number of allylic oxidation sites excluding steroid dienone is 12. The summed E-state index contributed by atoms with van der Waals surface area (Å²) in [6, 6.07) is 9.23. The Balaban J connectivity index is 2.63. The second-order valence-electron chi connectivity index (χ2n) is 14.6. The van der Waals surface area contributed by atoms with Gasteiger partial charge in [-0.25, -0.2) is 0 Å². The predicted octanol–water partition coefficient (Wildman–Crippen LogP) is 11.0. The normalized spacial score (nSPS) is 20.4. The molecule has 0 spiro atoms. The third-order valence-corrected chi connectivity index (χ3v) is 9.27. The summed E-state index contributed by atoms with van der Waals surface area (Å²) in [4.78, 5) is 57.4. The van der Waals surface area contributed by atoms with Crippen molar-refractivity contribution in [2.45, 2.75) is 127 Å². The molecule has 1 aliphatic rings. The van der Waals surface area contributed by atoms with E-state index in [-0.39, 0.29) is 31.5 Å². The van der Waals surface area contributed by atoms with Gasteiger partial charge in [0.15, 0.2) is 23.1 Å². The summed E-state index contributed by atoms with van der Waals surface area (Å²) in [7, 11) is 0. The number of ketones is 4. The minimum atomic E-state index is -1.48. The molecular formula is C44H60O4. The van der Waals surface area contributed by atoms with E-state index in [1.165, 1.54) is 16.7 Å². The van der Waals surface area contributed by atoms with Gasteiger partial charge >= 0.3 is 0 Å². The first-order valence-electron chi connectivity index (χ1n) is 17.7. The number of carbonyl (C=O) groups excluding carboxylic acids is 4. The van der Waals surface area contributed by atoms with Crippen LogP contribution in [0.25, 0.3) is 0 Å². The molecule has 1 aromatic carbocycles. The van der Waals surface area contributed by atoms with Gasteiger partial charge in [-0.15, -0.1) is 0 Å². The third kappa shape index (κ3) is 12.7. The molecule has 0 aliphatic heterocycles. The van der Waals surface area contributed by atoms with Gasteiger partial charge in [0.1, 0.15) is 5.92 Å². The predicted molar refractivity (Wildman–Crippen MR) is 201 cm³/mol. The molecule has 0 saturated heterocycles. The quantitative estimate of drug-likeness (QED) is 0.117. The van der Waals surface area contributed by atoms with Crippen LogP contribution < -0.4 is 0 Å². The van der Waals surface area contributed by atoms with Crippen LogP contribution >= 0.6 is 0 Å². The van der Waals surface area contributed by atoms with Gasteiger partial charge in [0.25, 0.3) is 0 Å².